The lowest BCUT2D eigenvalue weighted by Gasteiger charge is -2.35. The number of carbonyl (C=O) groups is 3. The van der Waals surface area contributed by atoms with Crippen molar-refractivity contribution >= 4 is 23.4 Å². The van der Waals surface area contributed by atoms with Gasteiger partial charge in [0.2, 0.25) is 11.8 Å². The minimum absolute atomic E-state index is 0.0261. The summed E-state index contributed by atoms with van der Waals surface area (Å²) in [5, 5.41) is 16.1. The molecule has 3 N–H and O–H groups in total. The predicted molar refractivity (Wildman–Crippen MR) is 108 cm³/mol. The van der Waals surface area contributed by atoms with Crippen LogP contribution in [0.4, 0.5) is 5.69 Å². The molecule has 0 bridgehead atoms. The van der Waals surface area contributed by atoms with Crippen molar-refractivity contribution in [1.82, 2.24) is 10.2 Å². The smallest absolute Gasteiger partial charge is 0.253 e. The van der Waals surface area contributed by atoms with E-state index in [0.29, 0.717) is 37.4 Å². The summed E-state index contributed by atoms with van der Waals surface area (Å²) in [5.41, 5.74) is 1.32. The molecular weight excluding hydrogens is 370 g/mol. The highest BCUT2D eigenvalue weighted by Gasteiger charge is 2.43. The van der Waals surface area contributed by atoms with Crippen LogP contribution in [0.25, 0.3) is 0 Å². The molecule has 1 saturated heterocycles. The minimum atomic E-state index is -0.561. The second kappa shape index (κ2) is 8.14. The van der Waals surface area contributed by atoms with Gasteiger partial charge in [0.05, 0.1) is 12.1 Å². The number of amides is 3. The number of rotatable bonds is 4. The van der Waals surface area contributed by atoms with Crippen LogP contribution in [0, 0.1) is 17.8 Å². The number of hydrogen-bond acceptors (Lipinski definition) is 4. The number of fused-ring (bicyclic) bond motifs is 1. The SMILES string of the molecule is CC(=O)N[C@@H]1C[C@@H]2CN(C(=O)c3ccc(NC(=O)C4CCC4)cc3)C[C@@H]2C[C@H]1O. The van der Waals surface area contributed by atoms with E-state index in [9.17, 15) is 19.5 Å². The monoisotopic (exact) mass is 399 g/mol. The standard InChI is InChI=1S/C22H29N3O4/c1-13(26)23-19-9-16-11-25(12-17(16)10-20(19)27)22(29)15-5-7-18(8-6-15)24-21(28)14-3-2-4-14/h5-8,14,16-17,19-20,27H,2-4,9-12H2,1H3,(H,23,26)(H,24,28)/t16-,17+,19-,20-/m1/s1. The maximum absolute atomic E-state index is 12.9. The topological polar surface area (TPSA) is 98.7 Å². The van der Waals surface area contributed by atoms with E-state index in [4.69, 9.17) is 0 Å². The highest BCUT2D eigenvalue weighted by Crippen LogP contribution is 2.37. The highest BCUT2D eigenvalue weighted by atomic mass is 16.3. The number of aliphatic hydroxyl groups excluding tert-OH is 1. The summed E-state index contributed by atoms with van der Waals surface area (Å²) >= 11 is 0. The Balaban J connectivity index is 1.35. The number of hydrogen-bond donors (Lipinski definition) is 3. The number of likely N-dealkylation sites (tertiary alicyclic amines) is 1. The Morgan fingerprint density at radius 1 is 1.03 bits per heavy atom. The van der Waals surface area contributed by atoms with E-state index in [1.807, 2.05) is 4.90 Å². The molecule has 3 amide bonds. The molecule has 1 heterocycles. The lowest BCUT2D eigenvalue weighted by Crippen LogP contribution is -2.48. The Bertz CT molecular complexity index is 790. The molecule has 2 saturated carbocycles. The first-order valence-corrected chi connectivity index (χ1v) is 10.6. The van der Waals surface area contributed by atoms with Gasteiger partial charge >= 0.3 is 0 Å². The van der Waals surface area contributed by atoms with Crippen molar-refractivity contribution < 1.29 is 19.5 Å². The molecule has 7 heteroatoms. The van der Waals surface area contributed by atoms with E-state index >= 15 is 0 Å². The lowest BCUT2D eigenvalue weighted by atomic mass is 9.77. The van der Waals surface area contributed by atoms with Gasteiger partial charge in [0, 0.05) is 37.2 Å². The molecule has 4 rings (SSSR count). The van der Waals surface area contributed by atoms with Crippen LogP contribution >= 0.6 is 0 Å². The van der Waals surface area contributed by atoms with Gasteiger partial charge < -0.3 is 20.6 Å². The van der Waals surface area contributed by atoms with Crippen LogP contribution in [-0.4, -0.2) is 53.0 Å². The zero-order chi connectivity index (χ0) is 20.5. The van der Waals surface area contributed by atoms with Gasteiger partial charge in [-0.05, 0) is 61.8 Å². The number of aliphatic hydroxyl groups is 1. The van der Waals surface area contributed by atoms with Crippen LogP contribution < -0.4 is 10.6 Å². The first-order chi connectivity index (χ1) is 13.9. The predicted octanol–water partition coefficient (Wildman–Crippen LogP) is 1.77. The maximum Gasteiger partial charge on any atom is 0.253 e. The Hall–Kier alpha value is -2.41. The molecule has 1 aromatic carbocycles. The van der Waals surface area contributed by atoms with Crippen LogP contribution in [-0.2, 0) is 9.59 Å². The number of nitrogens with zero attached hydrogens (tertiary/aromatic N) is 1. The van der Waals surface area contributed by atoms with Gasteiger partial charge in [-0.25, -0.2) is 0 Å². The Kier molecular flexibility index (Phi) is 5.58. The molecule has 156 valence electrons. The second-order valence-electron chi connectivity index (χ2n) is 8.77. The molecule has 0 spiro atoms. The molecule has 3 aliphatic rings. The van der Waals surface area contributed by atoms with Crippen molar-refractivity contribution in [1.29, 1.82) is 0 Å². The third-order valence-electron chi connectivity index (χ3n) is 6.69. The molecule has 0 aromatic heterocycles. The number of benzene rings is 1. The van der Waals surface area contributed by atoms with E-state index in [1.54, 1.807) is 24.3 Å². The minimum Gasteiger partial charge on any atom is -0.391 e. The molecule has 0 radical (unpaired) electrons. The quantitative estimate of drug-likeness (QED) is 0.719. The van der Waals surface area contributed by atoms with Crippen molar-refractivity contribution in [2.75, 3.05) is 18.4 Å². The third-order valence-corrected chi connectivity index (χ3v) is 6.69. The van der Waals surface area contributed by atoms with Gasteiger partial charge in [0.1, 0.15) is 0 Å². The zero-order valence-corrected chi connectivity index (χ0v) is 16.8. The molecule has 1 aromatic rings. The van der Waals surface area contributed by atoms with Gasteiger partial charge in [-0.15, -0.1) is 0 Å². The Morgan fingerprint density at radius 3 is 2.28 bits per heavy atom. The fraction of sp³-hybridized carbons (Fsp3) is 0.591. The molecule has 2 aliphatic carbocycles. The molecule has 29 heavy (non-hydrogen) atoms. The fourth-order valence-corrected chi connectivity index (χ4v) is 4.81. The molecule has 7 nitrogen and oxygen atoms in total. The fourth-order valence-electron chi connectivity index (χ4n) is 4.81. The van der Waals surface area contributed by atoms with Crippen LogP contribution in [0.2, 0.25) is 0 Å². The van der Waals surface area contributed by atoms with Gasteiger partial charge in [-0.2, -0.15) is 0 Å². The lowest BCUT2D eigenvalue weighted by molar-refractivity contribution is -0.122. The summed E-state index contributed by atoms with van der Waals surface area (Å²) in [6.45, 7) is 2.74. The Morgan fingerprint density at radius 2 is 1.69 bits per heavy atom. The molecule has 3 fully saturated rings. The van der Waals surface area contributed by atoms with Gasteiger partial charge in [-0.3, -0.25) is 14.4 Å². The van der Waals surface area contributed by atoms with E-state index < -0.39 is 6.10 Å². The van der Waals surface area contributed by atoms with Crippen molar-refractivity contribution in [3.05, 3.63) is 29.8 Å². The van der Waals surface area contributed by atoms with Crippen LogP contribution in [0.1, 0.15) is 49.4 Å². The van der Waals surface area contributed by atoms with Crippen molar-refractivity contribution in [3.63, 3.8) is 0 Å². The average molecular weight is 399 g/mol. The number of anilines is 1. The van der Waals surface area contributed by atoms with Gasteiger partial charge in [0.25, 0.3) is 5.91 Å². The average Bonchev–Trinajstić information content (AvgIpc) is 3.02. The summed E-state index contributed by atoms with van der Waals surface area (Å²) in [5.74, 6) is 0.581. The highest BCUT2D eigenvalue weighted by molar-refractivity contribution is 5.96. The summed E-state index contributed by atoms with van der Waals surface area (Å²) < 4.78 is 0. The van der Waals surface area contributed by atoms with Crippen molar-refractivity contribution in [2.24, 2.45) is 17.8 Å². The summed E-state index contributed by atoms with van der Waals surface area (Å²) in [6, 6.07) is 6.85. The van der Waals surface area contributed by atoms with Crippen LogP contribution in [0.15, 0.2) is 24.3 Å². The summed E-state index contributed by atoms with van der Waals surface area (Å²) in [6.07, 6.45) is 3.77. The van der Waals surface area contributed by atoms with E-state index in [1.165, 1.54) is 6.92 Å². The van der Waals surface area contributed by atoms with Crippen molar-refractivity contribution in [3.8, 4) is 0 Å². The normalized spacial score (nSPS) is 29.0. The molecule has 1 aliphatic heterocycles. The first kappa shape index (κ1) is 19.9. The van der Waals surface area contributed by atoms with E-state index in [0.717, 1.165) is 24.9 Å². The largest absolute Gasteiger partial charge is 0.391 e. The van der Waals surface area contributed by atoms with Gasteiger partial charge in [-0.1, -0.05) is 6.42 Å². The zero-order valence-electron chi connectivity index (χ0n) is 16.8. The Labute approximate surface area is 170 Å². The molecule has 4 atom stereocenters. The van der Waals surface area contributed by atoms with E-state index in [-0.39, 0.29) is 35.6 Å². The number of nitrogens with one attached hydrogen (secondary N) is 2. The van der Waals surface area contributed by atoms with Crippen LogP contribution in [0.3, 0.4) is 0 Å². The third kappa shape index (κ3) is 4.29. The summed E-state index contributed by atoms with van der Waals surface area (Å²) in [4.78, 5) is 38.2. The maximum atomic E-state index is 12.9. The molecule has 0 unspecified atom stereocenters. The summed E-state index contributed by atoms with van der Waals surface area (Å²) in [7, 11) is 0. The van der Waals surface area contributed by atoms with E-state index in [2.05, 4.69) is 10.6 Å². The molecular formula is C22H29N3O4. The van der Waals surface area contributed by atoms with Crippen LogP contribution in [0.5, 0.6) is 0 Å². The van der Waals surface area contributed by atoms with Crippen molar-refractivity contribution in [2.45, 2.75) is 51.2 Å². The second-order valence-corrected chi connectivity index (χ2v) is 8.77. The van der Waals surface area contributed by atoms with Gasteiger partial charge in [0.15, 0.2) is 0 Å². The number of carbonyl (C=O) groups excluding carboxylic acids is 3. The first-order valence-electron chi connectivity index (χ1n) is 10.6.